The third-order valence-corrected chi connectivity index (χ3v) is 4.55. The molecular formula is C11H17NO2. The van der Waals surface area contributed by atoms with Gasteiger partial charge < -0.3 is 10.8 Å². The highest BCUT2D eigenvalue weighted by Gasteiger charge is 2.59. The van der Waals surface area contributed by atoms with Crippen LogP contribution in [0.5, 0.6) is 0 Å². The molecule has 3 heteroatoms. The first-order valence-corrected chi connectivity index (χ1v) is 5.54. The van der Waals surface area contributed by atoms with Gasteiger partial charge in [-0.1, -0.05) is 0 Å². The molecule has 1 amide bonds. The van der Waals surface area contributed by atoms with E-state index in [2.05, 4.69) is 0 Å². The van der Waals surface area contributed by atoms with Gasteiger partial charge in [0.1, 0.15) is 0 Å². The van der Waals surface area contributed by atoms with Crippen molar-refractivity contribution in [3.8, 4) is 0 Å². The van der Waals surface area contributed by atoms with Gasteiger partial charge in [-0.2, -0.15) is 0 Å². The zero-order chi connectivity index (χ0) is 9.97. The number of hydrogen-bond acceptors (Lipinski definition) is 2. The van der Waals surface area contributed by atoms with E-state index in [0.717, 1.165) is 25.7 Å². The Hall–Kier alpha value is -0.570. The molecule has 4 aliphatic rings. The van der Waals surface area contributed by atoms with Gasteiger partial charge >= 0.3 is 0 Å². The smallest absolute Gasteiger partial charge is 0.223 e. The fourth-order valence-corrected chi connectivity index (χ4v) is 4.50. The Morgan fingerprint density at radius 1 is 1.21 bits per heavy atom. The van der Waals surface area contributed by atoms with E-state index in [4.69, 9.17) is 5.73 Å². The molecule has 4 saturated carbocycles. The molecule has 14 heavy (non-hydrogen) atoms. The van der Waals surface area contributed by atoms with Crippen LogP contribution in [-0.2, 0) is 4.79 Å². The molecule has 4 fully saturated rings. The average molecular weight is 195 g/mol. The summed E-state index contributed by atoms with van der Waals surface area (Å²) in [6.07, 6.45) is 5.50. The Bertz CT molecular complexity index is 286. The lowest BCUT2D eigenvalue weighted by molar-refractivity contribution is -0.175. The van der Waals surface area contributed by atoms with Crippen molar-refractivity contribution in [1.29, 1.82) is 0 Å². The lowest BCUT2D eigenvalue weighted by Crippen LogP contribution is -2.59. The molecule has 0 aromatic rings. The van der Waals surface area contributed by atoms with E-state index >= 15 is 0 Å². The highest BCUT2D eigenvalue weighted by molar-refractivity contribution is 5.81. The maximum absolute atomic E-state index is 11.5. The predicted molar refractivity (Wildman–Crippen MR) is 51.3 cm³/mol. The summed E-state index contributed by atoms with van der Waals surface area (Å²) in [6, 6.07) is 0. The van der Waals surface area contributed by atoms with Crippen molar-refractivity contribution in [2.45, 2.75) is 44.1 Å². The largest absolute Gasteiger partial charge is 0.390 e. The quantitative estimate of drug-likeness (QED) is 0.650. The van der Waals surface area contributed by atoms with E-state index in [1.54, 1.807) is 0 Å². The molecule has 0 radical (unpaired) electrons. The van der Waals surface area contributed by atoms with Crippen LogP contribution in [0.1, 0.15) is 38.5 Å². The molecule has 78 valence electrons. The minimum absolute atomic E-state index is 0.176. The van der Waals surface area contributed by atoms with Crippen LogP contribution in [-0.4, -0.2) is 16.6 Å². The van der Waals surface area contributed by atoms with Gasteiger partial charge in [0.25, 0.3) is 0 Å². The number of amides is 1. The molecule has 0 unspecified atom stereocenters. The number of nitrogens with two attached hydrogens (primary N) is 1. The van der Waals surface area contributed by atoms with Gasteiger partial charge in [-0.05, 0) is 50.4 Å². The summed E-state index contributed by atoms with van der Waals surface area (Å²) in [7, 11) is 0. The first-order chi connectivity index (χ1) is 6.51. The third-order valence-electron chi connectivity index (χ3n) is 4.55. The molecule has 3 nitrogen and oxygen atoms in total. The third kappa shape index (κ3) is 0.991. The first-order valence-electron chi connectivity index (χ1n) is 5.54. The maximum atomic E-state index is 11.5. The van der Waals surface area contributed by atoms with Crippen LogP contribution in [0.3, 0.4) is 0 Å². The van der Waals surface area contributed by atoms with E-state index in [0.29, 0.717) is 18.3 Å². The van der Waals surface area contributed by atoms with E-state index in [9.17, 15) is 9.90 Å². The Kier molecular flexibility index (Phi) is 1.45. The number of hydrogen-bond donors (Lipinski definition) is 2. The monoisotopic (exact) mass is 195 g/mol. The van der Waals surface area contributed by atoms with E-state index < -0.39 is 5.60 Å². The molecule has 0 saturated heterocycles. The molecule has 0 aromatic carbocycles. The fraction of sp³-hybridized carbons (Fsp3) is 0.909. The molecule has 2 atom stereocenters. The minimum atomic E-state index is -0.556. The van der Waals surface area contributed by atoms with Crippen LogP contribution in [0.25, 0.3) is 0 Å². The molecule has 0 spiro atoms. The van der Waals surface area contributed by atoms with Crippen LogP contribution >= 0.6 is 0 Å². The summed E-state index contributed by atoms with van der Waals surface area (Å²) >= 11 is 0. The zero-order valence-corrected chi connectivity index (χ0v) is 8.33. The Balaban J connectivity index is 2.00. The molecule has 0 aliphatic heterocycles. The lowest BCUT2D eigenvalue weighted by atomic mass is 9.48. The molecule has 3 N–H and O–H groups in total. The van der Waals surface area contributed by atoms with Crippen molar-refractivity contribution in [2.24, 2.45) is 23.0 Å². The Morgan fingerprint density at radius 2 is 1.79 bits per heavy atom. The molecule has 4 aliphatic carbocycles. The summed E-state index contributed by atoms with van der Waals surface area (Å²) < 4.78 is 0. The van der Waals surface area contributed by atoms with Crippen molar-refractivity contribution in [3.05, 3.63) is 0 Å². The predicted octanol–water partition coefficient (Wildman–Crippen LogP) is 0.803. The van der Waals surface area contributed by atoms with Gasteiger partial charge in [0, 0.05) is 0 Å². The minimum Gasteiger partial charge on any atom is -0.390 e. The normalized spacial score (nSPS) is 54.9. The van der Waals surface area contributed by atoms with Crippen LogP contribution in [0, 0.1) is 17.3 Å². The molecule has 0 aromatic heterocycles. The van der Waals surface area contributed by atoms with Crippen LogP contribution in [0.2, 0.25) is 0 Å². The second kappa shape index (κ2) is 2.32. The maximum Gasteiger partial charge on any atom is 0.223 e. The van der Waals surface area contributed by atoms with Gasteiger partial charge in [0.2, 0.25) is 5.91 Å². The molecule has 0 heterocycles. The van der Waals surface area contributed by atoms with Gasteiger partial charge in [-0.15, -0.1) is 0 Å². The van der Waals surface area contributed by atoms with Gasteiger partial charge in [0.05, 0.1) is 11.0 Å². The SMILES string of the molecule is NC(=O)C12C[C@@H]3C[C@H](CC(O)(C3)C1)C2. The van der Waals surface area contributed by atoms with Crippen molar-refractivity contribution >= 4 is 5.91 Å². The van der Waals surface area contributed by atoms with Crippen LogP contribution < -0.4 is 5.73 Å². The number of aliphatic hydroxyl groups is 1. The first kappa shape index (κ1) is 8.72. The van der Waals surface area contributed by atoms with Gasteiger partial charge in [-0.3, -0.25) is 4.79 Å². The lowest BCUT2D eigenvalue weighted by Gasteiger charge is -2.58. The second-order valence-electron chi connectivity index (χ2n) is 5.83. The topological polar surface area (TPSA) is 63.3 Å². The van der Waals surface area contributed by atoms with Gasteiger partial charge in [0.15, 0.2) is 0 Å². The van der Waals surface area contributed by atoms with Crippen molar-refractivity contribution in [2.75, 3.05) is 0 Å². The summed E-state index contributed by atoms with van der Waals surface area (Å²) in [6.45, 7) is 0. The highest BCUT2D eigenvalue weighted by Crippen LogP contribution is 2.61. The summed E-state index contributed by atoms with van der Waals surface area (Å²) in [5, 5.41) is 10.3. The molecule has 4 bridgehead atoms. The summed E-state index contributed by atoms with van der Waals surface area (Å²) in [5.74, 6) is 0.924. The van der Waals surface area contributed by atoms with Crippen molar-refractivity contribution in [3.63, 3.8) is 0 Å². The fourth-order valence-electron chi connectivity index (χ4n) is 4.50. The van der Waals surface area contributed by atoms with E-state index in [1.807, 2.05) is 0 Å². The van der Waals surface area contributed by atoms with Crippen molar-refractivity contribution in [1.82, 2.24) is 0 Å². The Labute approximate surface area is 83.7 Å². The number of primary amides is 1. The van der Waals surface area contributed by atoms with Crippen molar-refractivity contribution < 1.29 is 9.90 Å². The van der Waals surface area contributed by atoms with E-state index in [1.165, 1.54) is 6.42 Å². The number of carbonyl (C=O) groups excluding carboxylic acids is 1. The second-order valence-corrected chi connectivity index (χ2v) is 5.83. The zero-order valence-electron chi connectivity index (χ0n) is 8.33. The average Bonchev–Trinajstić information content (AvgIpc) is 1.98. The summed E-state index contributed by atoms with van der Waals surface area (Å²) in [4.78, 5) is 11.5. The summed E-state index contributed by atoms with van der Waals surface area (Å²) in [5.41, 5.74) is 4.60. The molecular weight excluding hydrogens is 178 g/mol. The number of carbonyl (C=O) groups is 1. The van der Waals surface area contributed by atoms with Crippen LogP contribution in [0.15, 0.2) is 0 Å². The van der Waals surface area contributed by atoms with Gasteiger partial charge in [-0.25, -0.2) is 0 Å². The number of rotatable bonds is 1. The van der Waals surface area contributed by atoms with E-state index in [-0.39, 0.29) is 11.3 Å². The molecule has 4 rings (SSSR count). The standard InChI is InChI=1S/C11H17NO2/c12-9(13)10-2-7-1-8(3-10)5-11(14,4-7)6-10/h7-8,14H,1-6H2,(H2,12,13)/t7-,8-,10?,11?/m0/s1. The van der Waals surface area contributed by atoms with Crippen LogP contribution in [0.4, 0.5) is 0 Å². The Morgan fingerprint density at radius 3 is 2.21 bits per heavy atom. The highest BCUT2D eigenvalue weighted by atomic mass is 16.3.